The van der Waals surface area contributed by atoms with Crippen LogP contribution in [0, 0.1) is 10.8 Å². The molecule has 1 saturated carbocycles. The van der Waals surface area contributed by atoms with Crippen LogP contribution in [0.1, 0.15) is 68.2 Å². The van der Waals surface area contributed by atoms with Gasteiger partial charge in [0, 0.05) is 5.41 Å². The van der Waals surface area contributed by atoms with E-state index in [0.717, 1.165) is 0 Å². The van der Waals surface area contributed by atoms with Crippen molar-refractivity contribution in [3.8, 4) is 0 Å². The van der Waals surface area contributed by atoms with Crippen LogP contribution >= 0.6 is 0 Å². The number of carbonyl (C=O) groups is 1. The Morgan fingerprint density at radius 2 is 1.56 bits per heavy atom. The van der Waals surface area contributed by atoms with Gasteiger partial charge in [-0.2, -0.15) is 0 Å². The first-order chi connectivity index (χ1) is 8.33. The van der Waals surface area contributed by atoms with Gasteiger partial charge in [0.05, 0.1) is 6.10 Å². The summed E-state index contributed by atoms with van der Waals surface area (Å²) in [5, 5.41) is 9.64. The van der Waals surface area contributed by atoms with Gasteiger partial charge in [0.1, 0.15) is 0 Å². The molecule has 1 N–H and O–H groups in total. The fraction of sp³-hybridized carbons (Fsp3) is 0.812. The van der Waals surface area contributed by atoms with Crippen molar-refractivity contribution in [1.29, 1.82) is 0 Å². The fourth-order valence-corrected chi connectivity index (χ4v) is 2.40. The standard InChI is InChI=1S/C12H20O2.2C2H6/c1-5-6-10(14)12(4)8-9(13)7-11(12,2)3;2*1-2/h5-6,9,13H,7-8H2,1-4H3;2*1-2H3/b6-5+;;. The number of rotatable bonds is 2. The first-order valence-electron chi connectivity index (χ1n) is 7.19. The summed E-state index contributed by atoms with van der Waals surface area (Å²) in [5.74, 6) is 0.140. The lowest BCUT2D eigenvalue weighted by Crippen LogP contribution is -2.36. The maximum absolute atomic E-state index is 11.9. The quantitative estimate of drug-likeness (QED) is 0.745. The Balaban J connectivity index is 0. The molecule has 2 atom stereocenters. The molecule has 0 radical (unpaired) electrons. The Morgan fingerprint density at radius 1 is 1.11 bits per heavy atom. The average molecular weight is 256 g/mol. The summed E-state index contributed by atoms with van der Waals surface area (Å²) >= 11 is 0. The largest absolute Gasteiger partial charge is 0.393 e. The number of aliphatic hydroxyl groups excluding tert-OH is 1. The molecule has 1 fully saturated rings. The monoisotopic (exact) mass is 256 g/mol. The van der Waals surface area contributed by atoms with Gasteiger partial charge in [-0.05, 0) is 31.3 Å². The first-order valence-corrected chi connectivity index (χ1v) is 7.19. The van der Waals surface area contributed by atoms with Gasteiger partial charge in [-0.1, -0.05) is 54.5 Å². The van der Waals surface area contributed by atoms with Crippen LogP contribution in [0.4, 0.5) is 0 Å². The molecule has 1 aliphatic carbocycles. The Labute approximate surface area is 113 Å². The normalized spacial score (nSPS) is 29.1. The highest BCUT2D eigenvalue weighted by atomic mass is 16.3. The van der Waals surface area contributed by atoms with Crippen LogP contribution < -0.4 is 0 Å². The zero-order valence-corrected chi connectivity index (χ0v) is 13.5. The summed E-state index contributed by atoms with van der Waals surface area (Å²) in [7, 11) is 0. The van der Waals surface area contributed by atoms with Crippen molar-refractivity contribution in [2.75, 3.05) is 0 Å². The first kappa shape index (κ1) is 19.7. The lowest BCUT2D eigenvalue weighted by molar-refractivity contribution is -0.127. The molecule has 0 amide bonds. The van der Waals surface area contributed by atoms with Crippen LogP contribution in [0.25, 0.3) is 0 Å². The molecule has 0 spiro atoms. The molecule has 2 heteroatoms. The predicted molar refractivity (Wildman–Crippen MR) is 79.6 cm³/mol. The zero-order valence-electron chi connectivity index (χ0n) is 13.5. The summed E-state index contributed by atoms with van der Waals surface area (Å²) in [6, 6.07) is 0. The topological polar surface area (TPSA) is 37.3 Å². The molecular weight excluding hydrogens is 224 g/mol. The maximum Gasteiger partial charge on any atom is 0.161 e. The van der Waals surface area contributed by atoms with Gasteiger partial charge < -0.3 is 5.11 Å². The molecule has 0 aromatic rings. The van der Waals surface area contributed by atoms with Gasteiger partial charge in [0.15, 0.2) is 5.78 Å². The van der Waals surface area contributed by atoms with Crippen LogP contribution in [-0.4, -0.2) is 17.0 Å². The molecular formula is C16H32O2. The molecule has 2 nitrogen and oxygen atoms in total. The van der Waals surface area contributed by atoms with Crippen molar-refractivity contribution in [3.05, 3.63) is 12.2 Å². The smallest absolute Gasteiger partial charge is 0.161 e. The van der Waals surface area contributed by atoms with E-state index in [-0.39, 0.29) is 17.3 Å². The maximum atomic E-state index is 11.9. The van der Waals surface area contributed by atoms with E-state index < -0.39 is 5.41 Å². The minimum Gasteiger partial charge on any atom is -0.393 e. The van der Waals surface area contributed by atoms with Gasteiger partial charge in [0.2, 0.25) is 0 Å². The van der Waals surface area contributed by atoms with E-state index in [9.17, 15) is 9.90 Å². The van der Waals surface area contributed by atoms with Gasteiger partial charge in [-0.3, -0.25) is 4.79 Å². The second-order valence-electron chi connectivity index (χ2n) is 5.14. The van der Waals surface area contributed by atoms with Crippen LogP contribution in [0.5, 0.6) is 0 Å². The second kappa shape index (κ2) is 8.47. The number of ketones is 1. The SMILES string of the molecule is C/C=C/C(=O)C1(C)CC(O)CC1(C)C.CC.CC. The van der Waals surface area contributed by atoms with Crippen molar-refractivity contribution < 1.29 is 9.90 Å². The van der Waals surface area contributed by atoms with Gasteiger partial charge >= 0.3 is 0 Å². The van der Waals surface area contributed by atoms with E-state index in [0.29, 0.717) is 12.8 Å². The van der Waals surface area contributed by atoms with E-state index in [2.05, 4.69) is 13.8 Å². The Hall–Kier alpha value is -0.630. The number of aliphatic hydroxyl groups is 1. The number of allylic oxidation sites excluding steroid dienone is 2. The fourth-order valence-electron chi connectivity index (χ4n) is 2.40. The molecule has 0 bridgehead atoms. The highest BCUT2D eigenvalue weighted by Crippen LogP contribution is 2.53. The third-order valence-electron chi connectivity index (χ3n) is 3.75. The highest BCUT2D eigenvalue weighted by Gasteiger charge is 2.52. The van der Waals surface area contributed by atoms with Crippen LogP contribution in [-0.2, 0) is 4.79 Å². The highest BCUT2D eigenvalue weighted by molar-refractivity contribution is 5.95. The molecule has 18 heavy (non-hydrogen) atoms. The molecule has 0 saturated heterocycles. The predicted octanol–water partition coefficient (Wildman–Crippen LogP) is 4.37. The lowest BCUT2D eigenvalue weighted by atomic mass is 9.67. The third-order valence-corrected chi connectivity index (χ3v) is 3.75. The van der Waals surface area contributed by atoms with Crippen molar-refractivity contribution in [2.45, 2.75) is 74.3 Å². The van der Waals surface area contributed by atoms with Gasteiger partial charge in [0.25, 0.3) is 0 Å². The summed E-state index contributed by atoms with van der Waals surface area (Å²) < 4.78 is 0. The van der Waals surface area contributed by atoms with Crippen LogP contribution in [0.15, 0.2) is 12.2 Å². The summed E-state index contributed by atoms with van der Waals surface area (Å²) in [6.07, 6.45) is 4.37. The van der Waals surface area contributed by atoms with Crippen LogP contribution in [0.2, 0.25) is 0 Å². The van der Waals surface area contributed by atoms with Crippen LogP contribution in [0.3, 0.4) is 0 Å². The molecule has 1 rings (SSSR count). The zero-order chi connectivity index (χ0) is 15.0. The lowest BCUT2D eigenvalue weighted by Gasteiger charge is -2.35. The molecule has 1 aliphatic rings. The number of carbonyl (C=O) groups excluding carboxylic acids is 1. The van der Waals surface area contributed by atoms with E-state index in [4.69, 9.17) is 0 Å². The summed E-state index contributed by atoms with van der Waals surface area (Å²) in [5.41, 5.74) is -0.512. The Bertz CT molecular complexity index is 266. The number of hydrogen-bond donors (Lipinski definition) is 1. The Morgan fingerprint density at radius 3 is 1.83 bits per heavy atom. The van der Waals surface area contributed by atoms with E-state index in [1.165, 1.54) is 0 Å². The van der Waals surface area contributed by atoms with E-state index in [1.54, 1.807) is 12.2 Å². The second-order valence-corrected chi connectivity index (χ2v) is 5.14. The van der Waals surface area contributed by atoms with E-state index in [1.807, 2.05) is 41.5 Å². The van der Waals surface area contributed by atoms with Crippen molar-refractivity contribution in [2.24, 2.45) is 10.8 Å². The summed E-state index contributed by atoms with van der Waals surface area (Å²) in [6.45, 7) is 15.9. The molecule has 108 valence electrons. The minimum atomic E-state index is -0.404. The third kappa shape index (κ3) is 4.24. The molecule has 2 unspecified atom stereocenters. The average Bonchev–Trinajstić information content (AvgIpc) is 2.54. The summed E-state index contributed by atoms with van der Waals surface area (Å²) in [4.78, 5) is 11.9. The minimum absolute atomic E-state index is 0.108. The van der Waals surface area contributed by atoms with Crippen molar-refractivity contribution in [3.63, 3.8) is 0 Å². The van der Waals surface area contributed by atoms with Crippen molar-refractivity contribution >= 4 is 5.78 Å². The Kier molecular flexibility index (Phi) is 9.27. The molecule has 0 heterocycles. The number of hydrogen-bond acceptors (Lipinski definition) is 2. The van der Waals surface area contributed by atoms with Crippen molar-refractivity contribution in [1.82, 2.24) is 0 Å². The molecule has 0 aliphatic heterocycles. The molecule has 0 aromatic heterocycles. The van der Waals surface area contributed by atoms with Gasteiger partial charge in [-0.15, -0.1) is 0 Å². The van der Waals surface area contributed by atoms with Gasteiger partial charge in [-0.25, -0.2) is 0 Å². The molecule has 0 aromatic carbocycles. The van der Waals surface area contributed by atoms with E-state index >= 15 is 0 Å².